The van der Waals surface area contributed by atoms with Crippen molar-refractivity contribution in [3.05, 3.63) is 65.0 Å². The molecule has 2 aromatic carbocycles. The molecular weight excluding hydrogens is 439 g/mol. The standard InChI is InChI=1S/C20H15ClF3N3O4/c21-13-5-1-12(2-6-13)19(29)27-10-14(28)9-16(27)18-25-17(26-31-18)11-3-7-15(8-4-11)30-20(22,23)24/h1-8,14,16,28H,9-10H2/t14-,16-/m1/s1. The number of hydrogen-bond donors (Lipinski definition) is 1. The number of amides is 1. The van der Waals surface area contributed by atoms with E-state index in [-0.39, 0.29) is 36.3 Å². The third-order valence-corrected chi connectivity index (χ3v) is 4.96. The van der Waals surface area contributed by atoms with E-state index in [1.54, 1.807) is 24.3 Å². The molecule has 1 amide bonds. The molecule has 1 N–H and O–H groups in total. The average Bonchev–Trinajstić information content (AvgIpc) is 3.34. The number of β-amino-alcohol motifs (C(OH)–C–C–N with tert-alkyl or cyclic N) is 1. The summed E-state index contributed by atoms with van der Waals surface area (Å²) >= 11 is 5.86. The summed E-state index contributed by atoms with van der Waals surface area (Å²) in [6.45, 7) is 0.0906. The zero-order chi connectivity index (χ0) is 22.2. The largest absolute Gasteiger partial charge is 0.573 e. The highest BCUT2D eigenvalue weighted by Crippen LogP contribution is 2.34. The Bertz CT molecular complexity index is 1070. The van der Waals surface area contributed by atoms with Gasteiger partial charge in [0, 0.05) is 29.1 Å². The van der Waals surface area contributed by atoms with Crippen LogP contribution >= 0.6 is 11.6 Å². The number of likely N-dealkylation sites (tertiary alicyclic amines) is 1. The molecule has 4 rings (SSSR count). The lowest BCUT2D eigenvalue weighted by molar-refractivity contribution is -0.274. The van der Waals surface area contributed by atoms with E-state index in [2.05, 4.69) is 14.9 Å². The predicted molar refractivity (Wildman–Crippen MR) is 102 cm³/mol. The number of benzene rings is 2. The number of halogens is 4. The monoisotopic (exact) mass is 453 g/mol. The maximum absolute atomic E-state index is 12.9. The number of hydrogen-bond acceptors (Lipinski definition) is 6. The third kappa shape index (κ3) is 4.80. The van der Waals surface area contributed by atoms with Gasteiger partial charge in [0.15, 0.2) is 0 Å². The summed E-state index contributed by atoms with van der Waals surface area (Å²) < 4.78 is 46.0. The molecule has 7 nitrogen and oxygen atoms in total. The van der Waals surface area contributed by atoms with Gasteiger partial charge in [0.05, 0.1) is 6.10 Å². The van der Waals surface area contributed by atoms with Crippen LogP contribution in [-0.2, 0) is 0 Å². The Morgan fingerprint density at radius 1 is 1.16 bits per heavy atom. The number of nitrogens with zero attached hydrogens (tertiary/aromatic N) is 3. The van der Waals surface area contributed by atoms with Crippen LogP contribution < -0.4 is 4.74 Å². The van der Waals surface area contributed by atoms with Gasteiger partial charge in [-0.3, -0.25) is 4.79 Å². The zero-order valence-corrected chi connectivity index (χ0v) is 16.5. The van der Waals surface area contributed by atoms with E-state index in [9.17, 15) is 23.1 Å². The van der Waals surface area contributed by atoms with Crippen molar-refractivity contribution in [1.82, 2.24) is 15.0 Å². The molecule has 162 valence electrons. The first-order chi connectivity index (χ1) is 14.7. The molecule has 31 heavy (non-hydrogen) atoms. The van der Waals surface area contributed by atoms with Crippen LogP contribution in [0.4, 0.5) is 13.2 Å². The normalized spacial score (nSPS) is 18.9. The third-order valence-electron chi connectivity index (χ3n) is 4.70. The lowest BCUT2D eigenvalue weighted by atomic mass is 10.1. The molecule has 0 radical (unpaired) electrons. The van der Waals surface area contributed by atoms with Gasteiger partial charge < -0.3 is 19.3 Å². The number of carbonyl (C=O) groups excluding carboxylic acids is 1. The fraction of sp³-hybridized carbons (Fsp3) is 0.250. The number of alkyl halides is 3. The molecule has 2 atom stereocenters. The molecule has 0 bridgehead atoms. The van der Waals surface area contributed by atoms with Gasteiger partial charge in [0.2, 0.25) is 11.7 Å². The Morgan fingerprint density at radius 3 is 2.48 bits per heavy atom. The highest BCUT2D eigenvalue weighted by molar-refractivity contribution is 6.30. The Balaban J connectivity index is 1.54. The maximum atomic E-state index is 12.9. The predicted octanol–water partition coefficient (Wildman–Crippen LogP) is 4.24. The Morgan fingerprint density at radius 2 is 1.84 bits per heavy atom. The SMILES string of the molecule is O=C(c1ccc(Cl)cc1)N1C[C@H](O)C[C@@H]1c1nc(-c2ccc(OC(F)(F)F)cc2)no1. The second kappa shape index (κ2) is 8.20. The Kier molecular flexibility index (Phi) is 5.59. The first-order valence-electron chi connectivity index (χ1n) is 9.14. The number of aliphatic hydroxyl groups excluding tert-OH is 1. The minimum atomic E-state index is -4.79. The second-order valence-corrected chi connectivity index (χ2v) is 7.33. The zero-order valence-electron chi connectivity index (χ0n) is 15.7. The Hall–Kier alpha value is -3.11. The van der Waals surface area contributed by atoms with E-state index in [1.807, 2.05) is 0 Å². The summed E-state index contributed by atoms with van der Waals surface area (Å²) in [6.07, 6.45) is -5.35. The molecule has 0 spiro atoms. The molecule has 0 saturated carbocycles. The van der Waals surface area contributed by atoms with Gasteiger partial charge in [-0.1, -0.05) is 16.8 Å². The van der Waals surface area contributed by atoms with Crippen LogP contribution in [0.2, 0.25) is 5.02 Å². The molecule has 11 heteroatoms. The first kappa shape index (κ1) is 21.1. The molecule has 1 aromatic heterocycles. The topological polar surface area (TPSA) is 88.7 Å². The maximum Gasteiger partial charge on any atom is 0.573 e. The summed E-state index contributed by atoms with van der Waals surface area (Å²) in [5.74, 6) is -0.455. The van der Waals surface area contributed by atoms with E-state index in [1.165, 1.54) is 17.0 Å². The van der Waals surface area contributed by atoms with Gasteiger partial charge in [-0.15, -0.1) is 13.2 Å². The number of ether oxygens (including phenoxy) is 1. The second-order valence-electron chi connectivity index (χ2n) is 6.90. The number of rotatable bonds is 4. The van der Waals surface area contributed by atoms with Crippen molar-refractivity contribution in [1.29, 1.82) is 0 Å². The fourth-order valence-electron chi connectivity index (χ4n) is 3.32. The quantitative estimate of drug-likeness (QED) is 0.635. The number of aromatic nitrogens is 2. The van der Waals surface area contributed by atoms with Gasteiger partial charge in [-0.05, 0) is 48.5 Å². The minimum Gasteiger partial charge on any atom is -0.406 e. The summed E-state index contributed by atoms with van der Waals surface area (Å²) in [5.41, 5.74) is 0.794. The van der Waals surface area contributed by atoms with Crippen molar-refractivity contribution in [2.75, 3.05) is 6.54 Å². The van der Waals surface area contributed by atoms with Crippen molar-refractivity contribution in [2.24, 2.45) is 0 Å². The lowest BCUT2D eigenvalue weighted by Gasteiger charge is -2.21. The smallest absolute Gasteiger partial charge is 0.406 e. The molecule has 1 saturated heterocycles. The van der Waals surface area contributed by atoms with Crippen LogP contribution in [0.1, 0.15) is 28.7 Å². The van der Waals surface area contributed by atoms with Gasteiger partial charge in [0.1, 0.15) is 11.8 Å². The van der Waals surface area contributed by atoms with Crippen molar-refractivity contribution in [3.63, 3.8) is 0 Å². The van der Waals surface area contributed by atoms with E-state index in [4.69, 9.17) is 16.1 Å². The van der Waals surface area contributed by atoms with E-state index >= 15 is 0 Å². The highest BCUT2D eigenvalue weighted by atomic mass is 35.5. The first-order valence-corrected chi connectivity index (χ1v) is 9.52. The minimum absolute atomic E-state index is 0.0906. The number of carbonyl (C=O) groups is 1. The molecule has 2 heterocycles. The van der Waals surface area contributed by atoms with Gasteiger partial charge >= 0.3 is 6.36 Å². The van der Waals surface area contributed by atoms with E-state index < -0.39 is 18.5 Å². The van der Waals surface area contributed by atoms with Gasteiger partial charge in [-0.25, -0.2) is 0 Å². The van der Waals surface area contributed by atoms with Gasteiger partial charge in [0.25, 0.3) is 5.91 Å². The fourth-order valence-corrected chi connectivity index (χ4v) is 3.45. The molecule has 1 fully saturated rings. The van der Waals surface area contributed by atoms with Crippen molar-refractivity contribution < 1.29 is 32.3 Å². The Labute approximate surface area is 179 Å². The molecule has 0 aliphatic carbocycles. The molecular formula is C20H15ClF3N3O4. The van der Waals surface area contributed by atoms with Crippen molar-refractivity contribution in [2.45, 2.75) is 24.9 Å². The van der Waals surface area contributed by atoms with Crippen LogP contribution in [0, 0.1) is 0 Å². The van der Waals surface area contributed by atoms with E-state index in [0.717, 1.165) is 12.1 Å². The highest BCUT2D eigenvalue weighted by Gasteiger charge is 2.39. The molecule has 0 unspecified atom stereocenters. The lowest BCUT2D eigenvalue weighted by Crippen LogP contribution is -2.31. The summed E-state index contributed by atoms with van der Waals surface area (Å²) in [6, 6.07) is 10.7. The molecule has 3 aromatic rings. The van der Waals surface area contributed by atoms with Crippen molar-refractivity contribution in [3.8, 4) is 17.1 Å². The van der Waals surface area contributed by atoms with Crippen LogP contribution in [0.25, 0.3) is 11.4 Å². The van der Waals surface area contributed by atoms with Crippen LogP contribution in [-0.4, -0.2) is 45.1 Å². The molecule has 1 aliphatic heterocycles. The number of aliphatic hydroxyl groups is 1. The van der Waals surface area contributed by atoms with Crippen LogP contribution in [0.15, 0.2) is 53.1 Å². The van der Waals surface area contributed by atoms with Crippen LogP contribution in [0.3, 0.4) is 0 Å². The summed E-state index contributed by atoms with van der Waals surface area (Å²) in [4.78, 5) is 18.6. The summed E-state index contributed by atoms with van der Waals surface area (Å²) in [5, 5.41) is 14.4. The van der Waals surface area contributed by atoms with Crippen molar-refractivity contribution >= 4 is 17.5 Å². The van der Waals surface area contributed by atoms with Crippen LogP contribution in [0.5, 0.6) is 5.75 Å². The molecule has 1 aliphatic rings. The summed E-state index contributed by atoms with van der Waals surface area (Å²) in [7, 11) is 0. The van der Waals surface area contributed by atoms with E-state index in [0.29, 0.717) is 16.1 Å². The average molecular weight is 454 g/mol. The van der Waals surface area contributed by atoms with Gasteiger partial charge in [-0.2, -0.15) is 4.98 Å².